The van der Waals surface area contributed by atoms with Crippen molar-refractivity contribution in [2.45, 2.75) is 67.7 Å². The predicted octanol–water partition coefficient (Wildman–Crippen LogP) is 5.76. The molecule has 0 spiro atoms. The van der Waals surface area contributed by atoms with Crippen molar-refractivity contribution in [1.82, 2.24) is 0 Å². The van der Waals surface area contributed by atoms with Crippen molar-refractivity contribution in [3.05, 3.63) is 69.8 Å². The molecule has 2 aromatic carbocycles. The zero-order valence-corrected chi connectivity index (χ0v) is 22.0. The van der Waals surface area contributed by atoms with E-state index < -0.39 is 11.9 Å². The Morgan fingerprint density at radius 3 is 2.08 bits per heavy atom. The lowest BCUT2D eigenvalue weighted by molar-refractivity contribution is -0.144. The molecule has 3 unspecified atom stereocenters. The van der Waals surface area contributed by atoms with Gasteiger partial charge >= 0.3 is 11.9 Å². The highest BCUT2D eigenvalue weighted by Gasteiger charge is 2.38. The Hall–Kier alpha value is -3.28. The van der Waals surface area contributed by atoms with E-state index in [1.54, 1.807) is 6.92 Å². The van der Waals surface area contributed by atoms with Crippen molar-refractivity contribution in [3.63, 3.8) is 0 Å². The van der Waals surface area contributed by atoms with E-state index in [-0.39, 0.29) is 42.2 Å². The minimum atomic E-state index is -0.795. The zero-order valence-electron chi connectivity index (χ0n) is 22.0. The lowest BCUT2D eigenvalue weighted by Gasteiger charge is -2.14. The van der Waals surface area contributed by atoms with Crippen LogP contribution in [0.4, 0.5) is 0 Å². The van der Waals surface area contributed by atoms with Crippen LogP contribution in [-0.4, -0.2) is 35.7 Å². The molecule has 1 N–H and O–H groups in total. The third kappa shape index (κ3) is 6.35. The highest BCUT2D eigenvalue weighted by atomic mass is 16.5. The highest BCUT2D eigenvalue weighted by Crippen LogP contribution is 2.38. The molecular formula is C31H40O6. The van der Waals surface area contributed by atoms with Crippen LogP contribution in [0.15, 0.2) is 36.4 Å². The first-order chi connectivity index (χ1) is 16.9. The molecule has 3 atom stereocenters. The molecule has 6 heteroatoms. The number of carbonyl (C=O) groups is 4. The Bertz CT molecular complexity index is 1190. The smallest absolute Gasteiger partial charge is 0.308 e. The Morgan fingerprint density at radius 1 is 0.973 bits per heavy atom. The fourth-order valence-electron chi connectivity index (χ4n) is 5.13. The molecular weight excluding hydrogens is 468 g/mol. The van der Waals surface area contributed by atoms with Crippen molar-refractivity contribution in [3.8, 4) is 0 Å². The molecule has 0 fully saturated rings. The third-order valence-electron chi connectivity index (χ3n) is 7.32. The summed E-state index contributed by atoms with van der Waals surface area (Å²) < 4.78 is 4.74. The Labute approximate surface area is 220 Å². The van der Waals surface area contributed by atoms with Crippen LogP contribution in [0.5, 0.6) is 0 Å². The lowest BCUT2D eigenvalue weighted by atomic mass is 9.88. The molecule has 0 saturated heterocycles. The van der Waals surface area contributed by atoms with Crippen LogP contribution >= 0.6 is 0 Å². The average molecular weight is 509 g/mol. The summed E-state index contributed by atoms with van der Waals surface area (Å²) in [5.74, 6) is -1.14. The Balaban J connectivity index is 0.000000253. The minimum absolute atomic E-state index is 0. The highest BCUT2D eigenvalue weighted by molar-refractivity contribution is 6.05. The molecule has 4 rings (SSSR count). The molecule has 200 valence electrons. The van der Waals surface area contributed by atoms with E-state index in [2.05, 4.69) is 0 Å². The number of carboxylic acid groups (broad SMARTS) is 1. The maximum absolute atomic E-state index is 12.2. The van der Waals surface area contributed by atoms with Crippen LogP contribution in [0.1, 0.15) is 85.0 Å². The molecule has 0 aliphatic heterocycles. The maximum atomic E-state index is 12.2. The fourth-order valence-corrected chi connectivity index (χ4v) is 5.13. The summed E-state index contributed by atoms with van der Waals surface area (Å²) in [6.07, 6.45) is 2.62. The number of carboxylic acids is 1. The predicted molar refractivity (Wildman–Crippen MR) is 144 cm³/mol. The first-order valence-corrected chi connectivity index (χ1v) is 12.5. The first-order valence-electron chi connectivity index (χ1n) is 12.5. The molecule has 0 aromatic heterocycles. The number of esters is 1. The Kier molecular flexibility index (Phi) is 9.59. The molecule has 0 heterocycles. The van der Waals surface area contributed by atoms with E-state index in [4.69, 9.17) is 9.84 Å². The summed E-state index contributed by atoms with van der Waals surface area (Å²) >= 11 is 0. The number of hydrogen-bond donors (Lipinski definition) is 1. The summed E-state index contributed by atoms with van der Waals surface area (Å²) in [7, 11) is 1.40. The van der Waals surface area contributed by atoms with Gasteiger partial charge in [0.2, 0.25) is 0 Å². The van der Waals surface area contributed by atoms with Gasteiger partial charge < -0.3 is 9.84 Å². The number of aliphatic carboxylic acids is 1. The van der Waals surface area contributed by atoms with Gasteiger partial charge in [-0.25, -0.2) is 0 Å². The number of Topliss-reactive ketones (excluding diaryl/α,β-unsaturated/α-hetero) is 2. The van der Waals surface area contributed by atoms with E-state index in [1.165, 1.54) is 7.11 Å². The number of benzene rings is 2. The first kappa shape index (κ1) is 29.9. The van der Waals surface area contributed by atoms with E-state index in [9.17, 15) is 19.2 Å². The molecule has 6 nitrogen and oxygen atoms in total. The molecule has 0 amide bonds. The second kappa shape index (κ2) is 11.8. The molecule has 0 radical (unpaired) electrons. The summed E-state index contributed by atoms with van der Waals surface area (Å²) in [6.45, 7) is 9.39. The van der Waals surface area contributed by atoms with Gasteiger partial charge in [-0.1, -0.05) is 78.4 Å². The van der Waals surface area contributed by atoms with Crippen molar-refractivity contribution in [2.24, 2.45) is 23.2 Å². The second-order valence-electron chi connectivity index (χ2n) is 10.8. The monoisotopic (exact) mass is 508 g/mol. The van der Waals surface area contributed by atoms with E-state index in [1.807, 2.05) is 64.1 Å². The van der Waals surface area contributed by atoms with Gasteiger partial charge in [-0.2, -0.15) is 0 Å². The minimum Gasteiger partial charge on any atom is -0.481 e. The summed E-state index contributed by atoms with van der Waals surface area (Å²) in [5, 5.41) is 8.98. The molecule has 37 heavy (non-hydrogen) atoms. The van der Waals surface area contributed by atoms with Crippen LogP contribution in [0, 0.1) is 23.2 Å². The number of carbonyl (C=O) groups excluding carboxylic acids is 3. The van der Waals surface area contributed by atoms with Crippen molar-refractivity contribution < 1.29 is 29.0 Å². The molecule has 0 saturated carbocycles. The van der Waals surface area contributed by atoms with Crippen LogP contribution in [-0.2, 0) is 40.0 Å². The second-order valence-corrected chi connectivity index (χ2v) is 10.8. The van der Waals surface area contributed by atoms with Crippen LogP contribution in [0.3, 0.4) is 0 Å². The van der Waals surface area contributed by atoms with E-state index >= 15 is 0 Å². The molecule has 2 aliphatic rings. The van der Waals surface area contributed by atoms with Gasteiger partial charge in [0.15, 0.2) is 11.6 Å². The molecule has 2 aromatic rings. The standard InChI is InChI=1S/2C15H18O3.CH4/c1-9-8-13-11(7-10(2)15(17)18-3)5-4-6-12(13)14(9)16;1-9(14(17)18)7-10-5-4-6-11-12(10)8-15(2,3)13(11)16;/h4-6,9-10H,7-8H2,1-3H3;4-6,9H,7-8H2,1-3H3,(H,17,18);1H4. The molecule has 2 aliphatic carbocycles. The van der Waals surface area contributed by atoms with E-state index in [0.717, 1.165) is 39.8 Å². The number of ether oxygens (including phenoxy) is 1. The van der Waals surface area contributed by atoms with Gasteiger partial charge in [0.25, 0.3) is 0 Å². The van der Waals surface area contributed by atoms with Crippen LogP contribution in [0.2, 0.25) is 0 Å². The maximum Gasteiger partial charge on any atom is 0.308 e. The van der Waals surface area contributed by atoms with E-state index in [0.29, 0.717) is 19.3 Å². The van der Waals surface area contributed by atoms with Crippen LogP contribution < -0.4 is 0 Å². The summed E-state index contributed by atoms with van der Waals surface area (Å²) in [6, 6.07) is 11.4. The third-order valence-corrected chi connectivity index (χ3v) is 7.32. The number of fused-ring (bicyclic) bond motifs is 2. The quantitative estimate of drug-likeness (QED) is 0.498. The van der Waals surface area contributed by atoms with Gasteiger partial charge in [-0.05, 0) is 47.9 Å². The van der Waals surface area contributed by atoms with Crippen molar-refractivity contribution in [2.75, 3.05) is 7.11 Å². The van der Waals surface area contributed by atoms with Gasteiger partial charge in [-0.15, -0.1) is 0 Å². The zero-order chi connectivity index (χ0) is 26.8. The van der Waals surface area contributed by atoms with Crippen LogP contribution in [0.25, 0.3) is 0 Å². The number of ketones is 2. The number of hydrogen-bond acceptors (Lipinski definition) is 5. The number of methoxy groups -OCH3 is 1. The Morgan fingerprint density at radius 2 is 1.51 bits per heavy atom. The normalized spacial score (nSPS) is 18.5. The van der Waals surface area contributed by atoms with Gasteiger partial charge in [0, 0.05) is 22.5 Å². The lowest BCUT2D eigenvalue weighted by Crippen LogP contribution is -2.18. The van der Waals surface area contributed by atoms with Crippen molar-refractivity contribution >= 4 is 23.5 Å². The van der Waals surface area contributed by atoms with Gasteiger partial charge in [0.1, 0.15) is 0 Å². The SMILES string of the molecule is C.CC(Cc1cccc2c1CC(C)(C)C2=O)C(=O)O.COC(=O)C(C)Cc1cccc2c1CC(C)C2=O. The summed E-state index contributed by atoms with van der Waals surface area (Å²) in [4.78, 5) is 46.5. The fraction of sp³-hybridized carbons (Fsp3) is 0.484. The van der Waals surface area contributed by atoms with Crippen molar-refractivity contribution in [1.29, 1.82) is 0 Å². The topological polar surface area (TPSA) is 97.7 Å². The van der Waals surface area contributed by atoms with Gasteiger partial charge in [-0.3, -0.25) is 19.2 Å². The summed E-state index contributed by atoms with van der Waals surface area (Å²) in [5.41, 5.74) is 5.51. The average Bonchev–Trinajstić information content (AvgIpc) is 3.26. The molecule has 0 bridgehead atoms. The number of rotatable bonds is 6. The largest absolute Gasteiger partial charge is 0.481 e. The van der Waals surface area contributed by atoms with Gasteiger partial charge in [0.05, 0.1) is 18.9 Å².